The SMILES string of the molecule is C[C@@H]1CN(c2ccc(-n3cc(-c4cc(Cl)cc(NS(=O)(=O)N5CC[C@@H](F)C5)c4F)c(-c4ccncc4)n3)nc2)CCN1CC1CCN(c2ccc([C@H]3CCC(=O)NC3=O)cc2)CC1. The van der Waals surface area contributed by atoms with E-state index in [-0.39, 0.29) is 53.5 Å². The number of aromatic nitrogens is 4. The number of nitrogens with one attached hydrogen (secondary N) is 2. The molecule has 14 nitrogen and oxygen atoms in total. The van der Waals surface area contributed by atoms with Crippen molar-refractivity contribution >= 4 is 50.7 Å². The average molecular weight is 899 g/mol. The predicted molar refractivity (Wildman–Crippen MR) is 238 cm³/mol. The van der Waals surface area contributed by atoms with Gasteiger partial charge in [0.15, 0.2) is 11.6 Å². The van der Waals surface area contributed by atoms with Crippen LogP contribution in [0.3, 0.4) is 0 Å². The van der Waals surface area contributed by atoms with Crippen LogP contribution < -0.4 is 19.8 Å². The van der Waals surface area contributed by atoms with E-state index in [0.29, 0.717) is 47.4 Å². The monoisotopic (exact) mass is 898 g/mol. The highest BCUT2D eigenvalue weighted by Gasteiger charge is 2.33. The van der Waals surface area contributed by atoms with Crippen LogP contribution in [0.25, 0.3) is 28.2 Å². The van der Waals surface area contributed by atoms with Gasteiger partial charge in [0.1, 0.15) is 11.9 Å². The van der Waals surface area contributed by atoms with E-state index in [1.165, 1.54) is 12.1 Å². The third-order valence-electron chi connectivity index (χ3n) is 12.8. The van der Waals surface area contributed by atoms with Gasteiger partial charge in [-0.05, 0) is 92.6 Å². The molecule has 4 aliphatic rings. The van der Waals surface area contributed by atoms with E-state index in [1.54, 1.807) is 35.4 Å². The smallest absolute Gasteiger partial charge is 0.301 e. The molecule has 2 N–H and O–H groups in total. The summed E-state index contributed by atoms with van der Waals surface area (Å²) in [6.45, 7) is 7.61. The number of amides is 2. The fourth-order valence-electron chi connectivity index (χ4n) is 9.22. The summed E-state index contributed by atoms with van der Waals surface area (Å²) < 4.78 is 61.2. The van der Waals surface area contributed by atoms with Crippen LogP contribution in [-0.4, -0.2) is 114 Å². The summed E-state index contributed by atoms with van der Waals surface area (Å²) in [5.41, 5.74) is 4.19. The lowest BCUT2D eigenvalue weighted by molar-refractivity contribution is -0.134. The van der Waals surface area contributed by atoms with Crippen LogP contribution in [0.5, 0.6) is 0 Å². The van der Waals surface area contributed by atoms with Crippen LogP contribution in [0.1, 0.15) is 50.5 Å². The number of alkyl halides is 1. The molecule has 9 rings (SSSR count). The fourth-order valence-corrected chi connectivity index (χ4v) is 10.7. The first-order valence-corrected chi connectivity index (χ1v) is 23.3. The van der Waals surface area contributed by atoms with Gasteiger partial charge in [-0.3, -0.25) is 29.5 Å². The van der Waals surface area contributed by atoms with E-state index < -0.39 is 22.2 Å². The van der Waals surface area contributed by atoms with E-state index in [0.717, 1.165) is 73.4 Å². The Hall–Kier alpha value is -5.49. The average Bonchev–Trinajstić information content (AvgIpc) is 3.94. The molecule has 3 atom stereocenters. The molecule has 330 valence electrons. The molecule has 63 heavy (non-hydrogen) atoms. The third-order valence-corrected chi connectivity index (χ3v) is 14.5. The number of hydrogen-bond acceptors (Lipinski definition) is 10. The molecule has 0 bridgehead atoms. The molecule has 4 saturated heterocycles. The number of imide groups is 1. The van der Waals surface area contributed by atoms with E-state index in [4.69, 9.17) is 21.7 Å². The first-order valence-electron chi connectivity index (χ1n) is 21.4. The van der Waals surface area contributed by atoms with Gasteiger partial charge in [-0.1, -0.05) is 23.7 Å². The van der Waals surface area contributed by atoms with Gasteiger partial charge in [0.2, 0.25) is 11.8 Å². The summed E-state index contributed by atoms with van der Waals surface area (Å²) in [5, 5.41) is 7.37. The number of piperazine rings is 1. The van der Waals surface area contributed by atoms with Crippen molar-refractivity contribution in [1.29, 1.82) is 0 Å². The Morgan fingerprint density at radius 2 is 1.63 bits per heavy atom. The molecule has 18 heteroatoms. The Kier molecular flexibility index (Phi) is 12.2. The predicted octanol–water partition coefficient (Wildman–Crippen LogP) is 6.44. The van der Waals surface area contributed by atoms with Crippen molar-refractivity contribution in [2.75, 3.05) is 66.9 Å². The molecule has 3 aromatic heterocycles. The van der Waals surface area contributed by atoms with Crippen molar-refractivity contribution in [3.05, 3.63) is 102 Å². The van der Waals surface area contributed by atoms with E-state index >= 15 is 4.39 Å². The Labute approximate surface area is 370 Å². The molecule has 2 amide bonds. The lowest BCUT2D eigenvalue weighted by Gasteiger charge is -2.43. The quantitative estimate of drug-likeness (QED) is 0.142. The van der Waals surface area contributed by atoms with Gasteiger partial charge in [0, 0.05) is 111 Å². The van der Waals surface area contributed by atoms with E-state index in [9.17, 15) is 22.4 Å². The molecular weight excluding hydrogens is 850 g/mol. The van der Waals surface area contributed by atoms with Gasteiger partial charge >= 0.3 is 10.2 Å². The van der Waals surface area contributed by atoms with Gasteiger partial charge in [-0.25, -0.2) is 18.4 Å². The Bertz CT molecular complexity index is 2580. The second-order valence-electron chi connectivity index (χ2n) is 16.9. The lowest BCUT2D eigenvalue weighted by atomic mass is 9.90. The standard InChI is InChI=1S/C45H49ClF2N10O4S/c1-29-25-56(21-20-55(29)26-30-12-17-54(18-13-30)35-4-2-31(3-5-35)37-7-9-42(59)51-45(37)60)36-6-8-41(50-24-36)58-28-39(44(52-58)32-10-15-49-16-11-32)38-22-33(46)23-40(43(38)48)53-63(61,62)57-19-14-34(47)27-57/h2-6,8,10-11,15-16,22-24,28-30,34,37,53H,7,9,12-14,17-21,25-27H2,1H3,(H,51,59,60)/t29-,34-,37-/m1/s1. The second-order valence-corrected chi connectivity index (χ2v) is 19.0. The summed E-state index contributed by atoms with van der Waals surface area (Å²) in [6.07, 6.45) is 8.60. The van der Waals surface area contributed by atoms with Crippen LogP contribution in [0.2, 0.25) is 5.02 Å². The minimum Gasteiger partial charge on any atom is -0.372 e. The zero-order valence-electron chi connectivity index (χ0n) is 34.8. The zero-order chi connectivity index (χ0) is 43.8. The number of hydrogen-bond donors (Lipinski definition) is 2. The lowest BCUT2D eigenvalue weighted by Crippen LogP contribution is -2.53. The van der Waals surface area contributed by atoms with Crippen LogP contribution >= 0.6 is 11.6 Å². The van der Waals surface area contributed by atoms with Gasteiger partial charge in [-0.15, -0.1) is 0 Å². The summed E-state index contributed by atoms with van der Waals surface area (Å²) in [5.74, 6) is -0.430. The van der Waals surface area contributed by atoms with Crippen molar-refractivity contribution in [3.63, 3.8) is 0 Å². The molecule has 7 heterocycles. The Morgan fingerprint density at radius 1 is 0.873 bits per heavy atom. The molecule has 0 radical (unpaired) electrons. The normalized spacial score (nSPS) is 21.8. The van der Waals surface area contributed by atoms with Crippen molar-refractivity contribution in [2.45, 2.75) is 57.2 Å². The molecule has 4 aliphatic heterocycles. The number of nitrogens with zero attached hydrogens (tertiary/aromatic N) is 8. The molecule has 0 unspecified atom stereocenters. The van der Waals surface area contributed by atoms with E-state index in [2.05, 4.69) is 48.8 Å². The minimum atomic E-state index is -4.24. The first kappa shape index (κ1) is 42.8. The number of halogens is 3. The number of rotatable bonds is 11. The highest BCUT2D eigenvalue weighted by molar-refractivity contribution is 7.90. The Balaban J connectivity index is 0.839. The van der Waals surface area contributed by atoms with Crippen molar-refractivity contribution in [3.8, 4) is 28.2 Å². The number of carbonyl (C=O) groups is 2. The molecule has 0 spiro atoms. The van der Waals surface area contributed by atoms with Crippen molar-refractivity contribution < 1.29 is 26.8 Å². The number of anilines is 3. The van der Waals surface area contributed by atoms with Crippen LogP contribution in [0.15, 0.2) is 85.5 Å². The second kappa shape index (κ2) is 17.9. The maximum absolute atomic E-state index is 16.4. The third kappa shape index (κ3) is 9.28. The maximum atomic E-state index is 16.4. The number of benzene rings is 2. The van der Waals surface area contributed by atoms with Crippen LogP contribution in [-0.2, 0) is 19.8 Å². The zero-order valence-corrected chi connectivity index (χ0v) is 36.4. The number of piperidine rings is 2. The Morgan fingerprint density at radius 3 is 2.32 bits per heavy atom. The maximum Gasteiger partial charge on any atom is 0.301 e. The van der Waals surface area contributed by atoms with Crippen molar-refractivity contribution in [2.24, 2.45) is 5.92 Å². The summed E-state index contributed by atoms with van der Waals surface area (Å²) >= 11 is 6.47. The van der Waals surface area contributed by atoms with Gasteiger partial charge in [0.05, 0.1) is 23.5 Å². The molecule has 5 aromatic rings. The molecule has 0 aliphatic carbocycles. The van der Waals surface area contributed by atoms with Crippen LogP contribution in [0, 0.1) is 11.7 Å². The number of carbonyl (C=O) groups excluding carboxylic acids is 2. The molecular formula is C45H49ClF2N10O4S. The van der Waals surface area contributed by atoms with Gasteiger partial charge in [0.25, 0.3) is 0 Å². The van der Waals surface area contributed by atoms with E-state index in [1.807, 2.05) is 30.5 Å². The fraction of sp³-hybridized carbons (Fsp3) is 0.400. The molecule has 2 aromatic carbocycles. The summed E-state index contributed by atoms with van der Waals surface area (Å²) in [6, 6.07) is 18.6. The highest BCUT2D eigenvalue weighted by atomic mass is 35.5. The number of pyridine rings is 2. The summed E-state index contributed by atoms with van der Waals surface area (Å²) in [7, 11) is -4.24. The molecule has 4 fully saturated rings. The molecule has 0 saturated carbocycles. The van der Waals surface area contributed by atoms with Gasteiger partial charge in [-0.2, -0.15) is 17.8 Å². The van der Waals surface area contributed by atoms with Crippen molar-refractivity contribution in [1.82, 2.24) is 34.3 Å². The van der Waals surface area contributed by atoms with Crippen LogP contribution in [0.4, 0.5) is 25.8 Å². The first-order chi connectivity index (χ1) is 30.4. The minimum absolute atomic E-state index is 0.0114. The van der Waals surface area contributed by atoms with Gasteiger partial charge < -0.3 is 9.80 Å². The summed E-state index contributed by atoms with van der Waals surface area (Å²) in [4.78, 5) is 40.2. The topological polar surface area (TPSA) is 149 Å². The largest absolute Gasteiger partial charge is 0.372 e. The highest BCUT2D eigenvalue weighted by Crippen LogP contribution is 2.38.